The molecule has 0 N–H and O–H groups in total. The third-order valence-electron chi connectivity index (χ3n) is 3.25. The van der Waals surface area contributed by atoms with Crippen LogP contribution < -0.4 is 0 Å². The summed E-state index contributed by atoms with van der Waals surface area (Å²) in [6.07, 6.45) is 0.505. The fourth-order valence-electron chi connectivity index (χ4n) is 2.14. The Kier molecular flexibility index (Phi) is 5.85. The summed E-state index contributed by atoms with van der Waals surface area (Å²) < 4.78 is 0. The molecule has 0 aliphatic rings. The van der Waals surface area contributed by atoms with E-state index >= 15 is 0 Å². The highest BCUT2D eigenvalue weighted by Crippen LogP contribution is 2.24. The van der Waals surface area contributed by atoms with Crippen LogP contribution in [0.2, 0.25) is 0 Å². The highest BCUT2D eigenvalue weighted by atomic mass is 32.1. The minimum atomic E-state index is -0.161. The van der Waals surface area contributed by atoms with Crippen LogP contribution in [0, 0.1) is 29.6 Å². The van der Waals surface area contributed by atoms with Crippen molar-refractivity contribution in [3.8, 4) is 22.7 Å². The van der Waals surface area contributed by atoms with Crippen molar-refractivity contribution in [2.24, 2.45) is 0 Å². The topological polar surface area (TPSA) is 80.8 Å². The van der Waals surface area contributed by atoms with Crippen molar-refractivity contribution < 1.29 is 4.79 Å². The van der Waals surface area contributed by atoms with Crippen LogP contribution in [0.3, 0.4) is 0 Å². The number of aryl methyl sites for hydroxylation is 1. The number of rotatable bonds is 6. The first kappa shape index (κ1) is 16.7. The molecule has 1 aromatic carbocycles. The zero-order valence-electron chi connectivity index (χ0n) is 12.8. The van der Waals surface area contributed by atoms with E-state index in [0.29, 0.717) is 18.7 Å². The van der Waals surface area contributed by atoms with Crippen LogP contribution in [0.25, 0.3) is 10.6 Å². The molecule has 0 unspecified atom stereocenters. The number of thiazole rings is 1. The Morgan fingerprint density at radius 2 is 1.96 bits per heavy atom. The van der Waals surface area contributed by atoms with Crippen molar-refractivity contribution in [2.75, 3.05) is 13.1 Å². The zero-order chi connectivity index (χ0) is 16.7. The number of nitriles is 2. The summed E-state index contributed by atoms with van der Waals surface area (Å²) in [7, 11) is 0. The number of nitrogens with zero attached hydrogens (tertiary/aromatic N) is 4. The second kappa shape index (κ2) is 8.07. The average Bonchev–Trinajstić information content (AvgIpc) is 3.01. The lowest BCUT2D eigenvalue weighted by atomic mass is 10.1. The average molecular weight is 324 g/mol. The van der Waals surface area contributed by atoms with E-state index in [-0.39, 0.29) is 18.7 Å². The van der Waals surface area contributed by atoms with Crippen LogP contribution >= 0.6 is 11.3 Å². The van der Waals surface area contributed by atoms with Gasteiger partial charge in [-0.25, -0.2) is 4.98 Å². The smallest absolute Gasteiger partial charge is 0.253 e. The number of hydrogen-bond donors (Lipinski definition) is 0. The van der Waals surface area contributed by atoms with E-state index in [0.717, 1.165) is 16.3 Å². The Bertz CT molecular complexity index is 751. The lowest BCUT2D eigenvalue weighted by Crippen LogP contribution is -2.32. The minimum Gasteiger partial charge on any atom is -0.337 e. The van der Waals surface area contributed by atoms with Gasteiger partial charge in [-0.15, -0.1) is 11.3 Å². The summed E-state index contributed by atoms with van der Waals surface area (Å²) in [6.45, 7) is 2.59. The van der Waals surface area contributed by atoms with Crippen molar-refractivity contribution >= 4 is 17.2 Å². The normalized spacial score (nSPS) is 9.87. The first-order valence-electron chi connectivity index (χ1n) is 7.21. The van der Waals surface area contributed by atoms with Gasteiger partial charge >= 0.3 is 0 Å². The van der Waals surface area contributed by atoms with E-state index in [1.807, 2.05) is 42.6 Å². The molecule has 0 aliphatic carbocycles. The molecule has 1 amide bonds. The third kappa shape index (κ3) is 4.38. The maximum Gasteiger partial charge on any atom is 0.253 e. The lowest BCUT2D eigenvalue weighted by molar-refractivity contribution is 0.0762. The van der Waals surface area contributed by atoms with Crippen molar-refractivity contribution in [1.82, 2.24) is 9.88 Å². The van der Waals surface area contributed by atoms with Crippen molar-refractivity contribution in [1.29, 1.82) is 10.5 Å². The lowest BCUT2D eigenvalue weighted by Gasteiger charge is -2.20. The predicted octanol–water partition coefficient (Wildman–Crippen LogP) is 3.39. The van der Waals surface area contributed by atoms with E-state index in [1.54, 1.807) is 11.0 Å². The highest BCUT2D eigenvalue weighted by Gasteiger charge is 2.16. The molecule has 2 aromatic rings. The molecular formula is C17H16N4OS. The van der Waals surface area contributed by atoms with E-state index < -0.39 is 0 Å². The molecule has 0 radical (unpaired) electrons. The number of aromatic nitrogens is 1. The van der Waals surface area contributed by atoms with Crippen molar-refractivity contribution in [2.45, 2.75) is 19.8 Å². The molecular weight excluding hydrogens is 308 g/mol. The fourth-order valence-corrected chi connectivity index (χ4v) is 2.93. The van der Waals surface area contributed by atoms with E-state index in [9.17, 15) is 4.79 Å². The van der Waals surface area contributed by atoms with Gasteiger partial charge in [-0.2, -0.15) is 10.5 Å². The van der Waals surface area contributed by atoms with Crippen LogP contribution in [-0.2, 0) is 0 Å². The van der Waals surface area contributed by atoms with Gasteiger partial charge in [-0.3, -0.25) is 4.79 Å². The van der Waals surface area contributed by atoms with Gasteiger partial charge < -0.3 is 4.90 Å². The highest BCUT2D eigenvalue weighted by molar-refractivity contribution is 7.13. The van der Waals surface area contributed by atoms with Crippen LogP contribution in [-0.4, -0.2) is 28.9 Å². The maximum atomic E-state index is 12.6. The summed E-state index contributed by atoms with van der Waals surface area (Å²) >= 11 is 1.54. The number of carbonyl (C=O) groups excluding carboxylic acids is 1. The van der Waals surface area contributed by atoms with Gasteiger partial charge in [0.25, 0.3) is 5.91 Å². The quantitative estimate of drug-likeness (QED) is 0.815. The Morgan fingerprint density at radius 1 is 1.26 bits per heavy atom. The van der Waals surface area contributed by atoms with Gasteiger partial charge in [-0.05, 0) is 19.1 Å². The first-order valence-corrected chi connectivity index (χ1v) is 8.09. The summed E-state index contributed by atoms with van der Waals surface area (Å²) in [5.41, 5.74) is 2.40. The van der Waals surface area contributed by atoms with Crippen molar-refractivity contribution in [3.05, 3.63) is 40.9 Å². The standard InChI is InChI=1S/C17H16N4OS/c1-13-12-23-16(20-13)14-5-2-6-15(11-14)17(22)21(9-3-7-18)10-4-8-19/h2,5-6,11-12H,3-4,9-10H2,1H3. The zero-order valence-corrected chi connectivity index (χ0v) is 13.6. The maximum absolute atomic E-state index is 12.6. The molecule has 1 heterocycles. The molecule has 6 heteroatoms. The van der Waals surface area contributed by atoms with Crippen molar-refractivity contribution in [3.63, 3.8) is 0 Å². The Hall–Kier alpha value is -2.70. The Labute approximate surface area is 139 Å². The summed E-state index contributed by atoms with van der Waals surface area (Å²) in [5.74, 6) is -0.161. The van der Waals surface area contributed by atoms with E-state index in [2.05, 4.69) is 4.98 Å². The van der Waals surface area contributed by atoms with E-state index in [4.69, 9.17) is 10.5 Å². The van der Waals surface area contributed by atoms with Gasteiger partial charge in [-0.1, -0.05) is 12.1 Å². The number of amides is 1. The molecule has 5 nitrogen and oxygen atoms in total. The van der Waals surface area contributed by atoms with Gasteiger partial charge in [0, 0.05) is 35.3 Å². The van der Waals surface area contributed by atoms with Gasteiger partial charge in [0.15, 0.2) is 0 Å². The Morgan fingerprint density at radius 3 is 2.52 bits per heavy atom. The van der Waals surface area contributed by atoms with Gasteiger partial charge in [0.2, 0.25) is 0 Å². The second-order valence-electron chi connectivity index (χ2n) is 4.98. The number of hydrogen-bond acceptors (Lipinski definition) is 5. The molecule has 1 aromatic heterocycles. The SMILES string of the molecule is Cc1csc(-c2cccc(C(=O)N(CCC#N)CCC#N)c2)n1. The first-order chi connectivity index (χ1) is 11.2. The number of carbonyl (C=O) groups is 1. The molecule has 0 bridgehead atoms. The third-order valence-corrected chi connectivity index (χ3v) is 4.26. The molecule has 23 heavy (non-hydrogen) atoms. The van der Waals surface area contributed by atoms with Crippen LogP contribution in [0.5, 0.6) is 0 Å². The second-order valence-corrected chi connectivity index (χ2v) is 5.84. The summed E-state index contributed by atoms with van der Waals surface area (Å²) in [4.78, 5) is 18.6. The van der Waals surface area contributed by atoms with Gasteiger partial charge in [0.1, 0.15) is 5.01 Å². The molecule has 116 valence electrons. The summed E-state index contributed by atoms with van der Waals surface area (Å²) in [5, 5.41) is 20.3. The molecule has 0 aliphatic heterocycles. The molecule has 0 fully saturated rings. The Balaban J connectivity index is 2.23. The minimum absolute atomic E-state index is 0.161. The predicted molar refractivity (Wildman–Crippen MR) is 88.7 cm³/mol. The number of benzene rings is 1. The van der Waals surface area contributed by atoms with E-state index in [1.165, 1.54) is 11.3 Å². The monoisotopic (exact) mass is 324 g/mol. The fraction of sp³-hybridized carbons (Fsp3) is 0.294. The van der Waals surface area contributed by atoms with Gasteiger partial charge in [0.05, 0.1) is 25.0 Å². The van der Waals surface area contributed by atoms with Crippen LogP contribution in [0.15, 0.2) is 29.6 Å². The molecule has 0 atom stereocenters. The largest absolute Gasteiger partial charge is 0.337 e. The summed E-state index contributed by atoms with van der Waals surface area (Å²) in [6, 6.07) is 11.4. The molecule has 0 saturated heterocycles. The van der Waals surface area contributed by atoms with Crippen LogP contribution in [0.4, 0.5) is 0 Å². The molecule has 0 saturated carbocycles. The van der Waals surface area contributed by atoms with Crippen LogP contribution in [0.1, 0.15) is 28.9 Å². The molecule has 0 spiro atoms. The molecule has 2 rings (SSSR count).